The van der Waals surface area contributed by atoms with Crippen LogP contribution in [0.25, 0.3) is 0 Å². The quantitative estimate of drug-likeness (QED) is 0.350. The highest BCUT2D eigenvalue weighted by Gasteiger charge is 2.41. The minimum atomic E-state index is -4.11. The third-order valence-corrected chi connectivity index (χ3v) is 7.15. The molecule has 13 heteroatoms. The average Bonchev–Trinajstić information content (AvgIpc) is 3.11. The Morgan fingerprint density at radius 3 is 2.55 bits per heavy atom. The zero-order chi connectivity index (χ0) is 24.4. The van der Waals surface area contributed by atoms with Crippen LogP contribution in [0.5, 0.6) is 0 Å². The summed E-state index contributed by atoms with van der Waals surface area (Å²) < 4.78 is 53.7. The number of alkyl halides is 2. The van der Waals surface area contributed by atoms with Crippen LogP contribution in [0.3, 0.4) is 0 Å². The van der Waals surface area contributed by atoms with Crippen molar-refractivity contribution in [2.24, 2.45) is 0 Å². The van der Waals surface area contributed by atoms with E-state index >= 15 is 0 Å². The molecule has 0 amide bonds. The number of aliphatic hydroxyl groups excluding tert-OH is 1. The smallest absolute Gasteiger partial charge is 0.266 e. The van der Waals surface area contributed by atoms with Crippen LogP contribution in [-0.2, 0) is 16.4 Å². The van der Waals surface area contributed by atoms with Crippen LogP contribution in [0, 0.1) is 0 Å². The van der Waals surface area contributed by atoms with Crippen LogP contribution in [0.2, 0.25) is 5.02 Å². The summed E-state index contributed by atoms with van der Waals surface area (Å²) >= 11 is 6.30. The van der Waals surface area contributed by atoms with Crippen molar-refractivity contribution >= 4 is 38.8 Å². The first-order valence-corrected chi connectivity index (χ1v) is 12.3. The Kier molecular flexibility index (Phi) is 7.62. The van der Waals surface area contributed by atoms with E-state index in [1.54, 1.807) is 37.3 Å². The highest BCUT2D eigenvalue weighted by molar-refractivity contribution is 7.91. The van der Waals surface area contributed by atoms with Gasteiger partial charge in [0, 0.05) is 32.1 Å². The summed E-state index contributed by atoms with van der Waals surface area (Å²) in [4.78, 5) is 9.76. The van der Waals surface area contributed by atoms with Crippen molar-refractivity contribution in [1.82, 2.24) is 15.4 Å². The standard InChI is InChI=1S/C20H27ClF2N6O3S/c1-13(30)11-33(31,32)19-26-17(28-9-8-20(22,23)12-28)16(24-2)18(27-19)29(25-3)10-14-6-4-5-7-15(14)21/h4-7,13,24-25,30H,8-12H2,1-3H3. The number of rotatable bonds is 9. The van der Waals surface area contributed by atoms with E-state index < -0.39 is 39.3 Å². The van der Waals surface area contributed by atoms with Crippen molar-refractivity contribution in [2.45, 2.75) is 37.1 Å². The summed E-state index contributed by atoms with van der Waals surface area (Å²) in [6.07, 6.45) is -1.53. The summed E-state index contributed by atoms with van der Waals surface area (Å²) in [5.74, 6) is -3.34. The predicted octanol–water partition coefficient (Wildman–Crippen LogP) is 2.31. The molecule has 0 aliphatic carbocycles. The van der Waals surface area contributed by atoms with Crippen molar-refractivity contribution in [3.8, 4) is 0 Å². The summed E-state index contributed by atoms with van der Waals surface area (Å²) in [5.41, 5.74) is 3.97. The van der Waals surface area contributed by atoms with Crippen LogP contribution < -0.4 is 20.7 Å². The van der Waals surface area contributed by atoms with Gasteiger partial charge >= 0.3 is 0 Å². The first-order chi connectivity index (χ1) is 15.5. The second-order valence-corrected chi connectivity index (χ2v) is 10.2. The number of anilines is 3. The molecular formula is C20H27ClF2N6O3S. The van der Waals surface area contributed by atoms with E-state index in [1.807, 2.05) is 6.07 Å². The molecule has 1 fully saturated rings. The van der Waals surface area contributed by atoms with Gasteiger partial charge in [-0.05, 0) is 18.6 Å². The number of hydrazine groups is 1. The third kappa shape index (κ3) is 5.81. The number of benzene rings is 1. The lowest BCUT2D eigenvalue weighted by Gasteiger charge is -2.29. The normalized spacial score (nSPS) is 16.6. The summed E-state index contributed by atoms with van der Waals surface area (Å²) in [6, 6.07) is 7.12. The molecule has 0 radical (unpaired) electrons. The van der Waals surface area contributed by atoms with Crippen LogP contribution in [0.4, 0.5) is 26.1 Å². The molecular weight excluding hydrogens is 478 g/mol. The number of hydrogen-bond acceptors (Lipinski definition) is 9. The van der Waals surface area contributed by atoms with E-state index in [0.29, 0.717) is 5.02 Å². The SMILES string of the molecule is CNc1c(N2CCC(F)(F)C2)nc(S(=O)(=O)CC(C)O)nc1N(Cc1ccccc1Cl)NC. The molecule has 0 bridgehead atoms. The maximum absolute atomic E-state index is 14.0. The van der Waals surface area contributed by atoms with Gasteiger partial charge in [0.25, 0.3) is 11.1 Å². The highest BCUT2D eigenvalue weighted by atomic mass is 35.5. The Bertz CT molecular complexity index is 1100. The van der Waals surface area contributed by atoms with Gasteiger partial charge in [-0.3, -0.25) is 5.01 Å². The maximum atomic E-state index is 14.0. The summed E-state index contributed by atoms with van der Waals surface area (Å²) in [7, 11) is -0.912. The van der Waals surface area contributed by atoms with Gasteiger partial charge < -0.3 is 15.3 Å². The van der Waals surface area contributed by atoms with Crippen molar-refractivity contribution in [1.29, 1.82) is 0 Å². The molecule has 182 valence electrons. The minimum Gasteiger partial charge on any atom is -0.392 e. The molecule has 1 aromatic carbocycles. The lowest BCUT2D eigenvalue weighted by Crippen LogP contribution is -2.37. The molecule has 2 heterocycles. The van der Waals surface area contributed by atoms with E-state index in [-0.39, 0.29) is 36.8 Å². The maximum Gasteiger partial charge on any atom is 0.266 e. The van der Waals surface area contributed by atoms with Gasteiger partial charge in [0.05, 0.1) is 24.9 Å². The Labute approximate surface area is 196 Å². The van der Waals surface area contributed by atoms with Gasteiger partial charge in [0.15, 0.2) is 11.6 Å². The van der Waals surface area contributed by atoms with Gasteiger partial charge in [-0.25, -0.2) is 22.6 Å². The number of sulfone groups is 1. The predicted molar refractivity (Wildman–Crippen MR) is 124 cm³/mol. The lowest BCUT2D eigenvalue weighted by molar-refractivity contribution is 0.0256. The van der Waals surface area contributed by atoms with E-state index in [1.165, 1.54) is 11.8 Å². The number of nitrogens with zero attached hydrogens (tertiary/aromatic N) is 4. The molecule has 1 aliphatic rings. The largest absolute Gasteiger partial charge is 0.392 e. The second-order valence-electron chi connectivity index (χ2n) is 7.84. The molecule has 1 saturated heterocycles. The van der Waals surface area contributed by atoms with Crippen molar-refractivity contribution in [3.63, 3.8) is 0 Å². The summed E-state index contributed by atoms with van der Waals surface area (Å²) in [5, 5.41) is 14.1. The van der Waals surface area contributed by atoms with Crippen LogP contribution in [-0.4, -0.2) is 68.5 Å². The van der Waals surface area contributed by atoms with E-state index in [9.17, 15) is 22.3 Å². The van der Waals surface area contributed by atoms with Gasteiger partial charge in [-0.2, -0.15) is 9.97 Å². The zero-order valence-corrected chi connectivity index (χ0v) is 20.1. The van der Waals surface area contributed by atoms with Gasteiger partial charge in [0.2, 0.25) is 9.84 Å². The fourth-order valence-corrected chi connectivity index (χ4v) is 5.00. The van der Waals surface area contributed by atoms with E-state index in [2.05, 4.69) is 20.7 Å². The molecule has 3 rings (SSSR count). The first kappa shape index (κ1) is 25.3. The third-order valence-electron chi connectivity index (χ3n) is 5.12. The Morgan fingerprint density at radius 2 is 2.00 bits per heavy atom. The molecule has 0 saturated carbocycles. The number of nitrogens with one attached hydrogen (secondary N) is 2. The number of aromatic nitrogens is 2. The van der Waals surface area contributed by atoms with Gasteiger partial charge in [-0.1, -0.05) is 29.8 Å². The average molecular weight is 505 g/mol. The highest BCUT2D eigenvalue weighted by Crippen LogP contribution is 2.38. The number of aliphatic hydroxyl groups is 1. The fraction of sp³-hybridized carbons (Fsp3) is 0.500. The molecule has 0 spiro atoms. The molecule has 33 heavy (non-hydrogen) atoms. The van der Waals surface area contributed by atoms with Crippen molar-refractivity contribution in [3.05, 3.63) is 34.9 Å². The van der Waals surface area contributed by atoms with E-state index in [0.717, 1.165) is 5.56 Å². The van der Waals surface area contributed by atoms with Crippen LogP contribution >= 0.6 is 11.6 Å². The van der Waals surface area contributed by atoms with Gasteiger partial charge in [0.1, 0.15) is 5.69 Å². The second kappa shape index (κ2) is 9.92. The molecule has 1 unspecified atom stereocenters. The zero-order valence-electron chi connectivity index (χ0n) is 18.5. The molecule has 1 aromatic heterocycles. The number of hydrogen-bond donors (Lipinski definition) is 3. The minimum absolute atomic E-state index is 0.00189. The lowest BCUT2D eigenvalue weighted by atomic mass is 10.2. The van der Waals surface area contributed by atoms with Crippen LogP contribution in [0.15, 0.2) is 29.4 Å². The van der Waals surface area contributed by atoms with Crippen molar-refractivity contribution < 1.29 is 22.3 Å². The number of halogens is 3. The Hall–Kier alpha value is -2.28. The fourth-order valence-electron chi connectivity index (χ4n) is 3.57. The van der Waals surface area contributed by atoms with Crippen LogP contribution in [0.1, 0.15) is 18.9 Å². The summed E-state index contributed by atoms with van der Waals surface area (Å²) in [6.45, 7) is 0.934. The molecule has 1 aliphatic heterocycles. The monoisotopic (exact) mass is 504 g/mol. The molecule has 9 nitrogen and oxygen atoms in total. The van der Waals surface area contributed by atoms with E-state index in [4.69, 9.17) is 11.6 Å². The Balaban J connectivity index is 2.17. The first-order valence-electron chi connectivity index (χ1n) is 10.3. The molecule has 2 aromatic rings. The molecule has 3 N–H and O–H groups in total. The topological polar surface area (TPSA) is 111 Å². The molecule has 1 atom stereocenters. The van der Waals surface area contributed by atoms with Gasteiger partial charge in [-0.15, -0.1) is 0 Å². The van der Waals surface area contributed by atoms with Crippen molar-refractivity contribution in [2.75, 3.05) is 48.2 Å². The Morgan fingerprint density at radius 1 is 1.30 bits per heavy atom.